The molecule has 0 unspecified atom stereocenters. The number of hydrogen-bond donors (Lipinski definition) is 1. The Hall–Kier alpha value is -2.99. The summed E-state index contributed by atoms with van der Waals surface area (Å²) >= 11 is 5.55. The van der Waals surface area contributed by atoms with Gasteiger partial charge in [0.2, 0.25) is 11.9 Å². The lowest BCUT2D eigenvalue weighted by Gasteiger charge is -2.22. The van der Waals surface area contributed by atoms with Gasteiger partial charge >= 0.3 is 0 Å². The third-order valence-corrected chi connectivity index (χ3v) is 3.41. The van der Waals surface area contributed by atoms with Crippen molar-refractivity contribution in [2.45, 2.75) is 0 Å². The fourth-order valence-electron chi connectivity index (χ4n) is 2.19. The zero-order chi connectivity index (χ0) is 16.8. The van der Waals surface area contributed by atoms with E-state index in [0.29, 0.717) is 11.6 Å². The van der Waals surface area contributed by atoms with Crippen LogP contribution in [-0.2, 0) is 4.79 Å². The summed E-state index contributed by atoms with van der Waals surface area (Å²) < 4.78 is 0. The number of nitrogens with zero attached hydrogens (tertiary/aromatic N) is 4. The fourth-order valence-corrected chi connectivity index (χ4v) is 2.26. The van der Waals surface area contributed by atoms with Crippen molar-refractivity contribution in [3.05, 3.63) is 67.3 Å². The van der Waals surface area contributed by atoms with Gasteiger partial charge in [0.1, 0.15) is 5.88 Å². The molecule has 0 spiro atoms. The molecule has 120 valence electrons. The molecule has 0 atom stereocenters. The van der Waals surface area contributed by atoms with E-state index < -0.39 is 0 Å². The molecule has 6 nitrogen and oxygen atoms in total. The van der Waals surface area contributed by atoms with Crippen molar-refractivity contribution in [2.24, 2.45) is 0 Å². The van der Waals surface area contributed by atoms with Crippen molar-refractivity contribution in [1.29, 1.82) is 0 Å². The predicted octanol–water partition coefficient (Wildman–Crippen LogP) is 3.52. The van der Waals surface area contributed by atoms with Gasteiger partial charge in [-0.3, -0.25) is 14.7 Å². The van der Waals surface area contributed by atoms with Crippen LogP contribution < -0.4 is 10.2 Å². The Morgan fingerprint density at radius 1 is 1.04 bits per heavy atom. The van der Waals surface area contributed by atoms with Gasteiger partial charge in [0, 0.05) is 24.3 Å². The van der Waals surface area contributed by atoms with Gasteiger partial charge in [0.25, 0.3) is 0 Å². The lowest BCUT2D eigenvalue weighted by molar-refractivity contribution is -0.113. The Labute approximate surface area is 144 Å². The number of rotatable bonds is 5. The van der Waals surface area contributed by atoms with Crippen molar-refractivity contribution in [2.75, 3.05) is 16.1 Å². The van der Waals surface area contributed by atoms with E-state index in [4.69, 9.17) is 11.6 Å². The number of benzene rings is 1. The third kappa shape index (κ3) is 3.67. The maximum absolute atomic E-state index is 11.5. The summed E-state index contributed by atoms with van der Waals surface area (Å²) in [6.07, 6.45) is 6.76. The molecule has 2 heterocycles. The topological polar surface area (TPSA) is 71.0 Å². The van der Waals surface area contributed by atoms with E-state index in [0.717, 1.165) is 11.4 Å². The maximum Gasteiger partial charge on any atom is 0.239 e. The van der Waals surface area contributed by atoms with Gasteiger partial charge in [-0.25, -0.2) is 9.97 Å². The number of hydrogen-bond acceptors (Lipinski definition) is 5. The fraction of sp³-hybridized carbons (Fsp3) is 0.0588. The number of aromatic nitrogens is 3. The molecule has 2 aromatic heterocycles. The molecule has 1 aromatic carbocycles. The van der Waals surface area contributed by atoms with E-state index in [1.54, 1.807) is 36.9 Å². The number of carbonyl (C=O) groups is 1. The Balaban J connectivity index is 2.03. The smallest absolute Gasteiger partial charge is 0.239 e. The van der Waals surface area contributed by atoms with Crippen LogP contribution in [0.2, 0.25) is 0 Å². The summed E-state index contributed by atoms with van der Waals surface area (Å²) in [7, 11) is 0. The maximum atomic E-state index is 11.5. The summed E-state index contributed by atoms with van der Waals surface area (Å²) in [5, 5.41) is 2.74. The van der Waals surface area contributed by atoms with Crippen LogP contribution in [0, 0.1) is 0 Å². The number of halogens is 1. The molecular formula is C17H14ClN5O. The number of alkyl halides is 1. The second-order valence-electron chi connectivity index (χ2n) is 4.83. The normalized spacial score (nSPS) is 10.2. The molecule has 0 radical (unpaired) electrons. The largest absolute Gasteiger partial charge is 0.325 e. The van der Waals surface area contributed by atoms with Crippen molar-refractivity contribution in [3.63, 3.8) is 0 Å². The van der Waals surface area contributed by atoms with Crippen molar-refractivity contribution >= 4 is 40.5 Å². The second kappa shape index (κ2) is 7.52. The van der Waals surface area contributed by atoms with Gasteiger partial charge in [0.15, 0.2) is 0 Å². The number of anilines is 4. The van der Waals surface area contributed by atoms with Crippen LogP contribution in [0.3, 0.4) is 0 Å². The van der Waals surface area contributed by atoms with Crippen LogP contribution in [0.15, 0.2) is 67.3 Å². The molecule has 0 aliphatic carbocycles. The molecule has 0 saturated heterocycles. The lowest BCUT2D eigenvalue weighted by atomic mass is 10.2. The highest BCUT2D eigenvalue weighted by Gasteiger charge is 2.15. The first-order chi connectivity index (χ1) is 11.8. The summed E-state index contributed by atoms with van der Waals surface area (Å²) in [4.78, 5) is 26.2. The van der Waals surface area contributed by atoms with E-state index in [1.165, 1.54) is 0 Å². The Kier molecular flexibility index (Phi) is 4.98. The first-order valence-electron chi connectivity index (χ1n) is 7.21. The van der Waals surface area contributed by atoms with E-state index in [-0.39, 0.29) is 11.8 Å². The van der Waals surface area contributed by atoms with Gasteiger partial charge in [0.05, 0.1) is 17.6 Å². The minimum Gasteiger partial charge on any atom is -0.325 e. The van der Waals surface area contributed by atoms with Crippen LogP contribution in [-0.4, -0.2) is 26.7 Å². The summed E-state index contributed by atoms with van der Waals surface area (Å²) in [6, 6.07) is 12.9. The van der Waals surface area contributed by atoms with Crippen molar-refractivity contribution in [3.8, 4) is 0 Å². The molecule has 0 aliphatic heterocycles. The number of nitrogens with one attached hydrogen (secondary N) is 1. The SMILES string of the molecule is O=C(CCl)Nc1cccc(N(c2cccnc2)c2ncccn2)c1. The third-order valence-electron chi connectivity index (χ3n) is 3.17. The van der Waals surface area contributed by atoms with Crippen LogP contribution in [0.4, 0.5) is 23.0 Å². The number of carbonyl (C=O) groups excluding carboxylic acids is 1. The van der Waals surface area contributed by atoms with Gasteiger partial charge in [-0.2, -0.15) is 0 Å². The molecule has 3 rings (SSSR count). The van der Waals surface area contributed by atoms with E-state index in [1.807, 2.05) is 35.2 Å². The summed E-state index contributed by atoms with van der Waals surface area (Å²) in [5.74, 6) is 0.141. The molecule has 1 amide bonds. The summed E-state index contributed by atoms with van der Waals surface area (Å²) in [6.45, 7) is 0. The van der Waals surface area contributed by atoms with Crippen molar-refractivity contribution in [1.82, 2.24) is 15.0 Å². The molecule has 24 heavy (non-hydrogen) atoms. The van der Waals surface area contributed by atoms with E-state index >= 15 is 0 Å². The minimum atomic E-state index is -0.266. The average molecular weight is 340 g/mol. The highest BCUT2D eigenvalue weighted by Crippen LogP contribution is 2.32. The van der Waals surface area contributed by atoms with Crippen molar-refractivity contribution < 1.29 is 4.79 Å². The standard InChI is InChI=1S/C17H14ClN5O/c18-11-16(24)22-13-4-1-5-14(10-13)23(15-6-2-7-19-12-15)17-20-8-3-9-21-17/h1-10,12H,11H2,(H,22,24). The number of pyridine rings is 1. The Bertz CT molecular complexity index is 774. The van der Waals surface area contributed by atoms with Gasteiger partial charge in [-0.05, 0) is 36.4 Å². The average Bonchev–Trinajstić information content (AvgIpc) is 2.64. The molecule has 3 aromatic rings. The molecule has 0 bridgehead atoms. The molecule has 0 aliphatic rings. The van der Waals surface area contributed by atoms with E-state index in [9.17, 15) is 4.79 Å². The van der Waals surface area contributed by atoms with Crippen LogP contribution in [0.5, 0.6) is 0 Å². The number of amides is 1. The monoisotopic (exact) mass is 339 g/mol. The van der Waals surface area contributed by atoms with Gasteiger partial charge in [-0.1, -0.05) is 6.07 Å². The molecule has 1 N–H and O–H groups in total. The Morgan fingerprint density at radius 3 is 2.54 bits per heavy atom. The van der Waals surface area contributed by atoms with Crippen LogP contribution >= 0.6 is 11.6 Å². The second-order valence-corrected chi connectivity index (χ2v) is 5.09. The lowest BCUT2D eigenvalue weighted by Crippen LogP contribution is -2.15. The van der Waals surface area contributed by atoms with Gasteiger partial charge in [-0.15, -0.1) is 11.6 Å². The van der Waals surface area contributed by atoms with Gasteiger partial charge < -0.3 is 5.32 Å². The minimum absolute atomic E-state index is 0.0989. The zero-order valence-electron chi connectivity index (χ0n) is 12.6. The summed E-state index contributed by atoms with van der Waals surface area (Å²) in [5.41, 5.74) is 2.24. The molecule has 0 saturated carbocycles. The quantitative estimate of drug-likeness (QED) is 0.720. The molecular weight excluding hydrogens is 326 g/mol. The zero-order valence-corrected chi connectivity index (χ0v) is 13.4. The highest BCUT2D eigenvalue weighted by atomic mass is 35.5. The first-order valence-corrected chi connectivity index (χ1v) is 7.74. The Morgan fingerprint density at radius 2 is 1.83 bits per heavy atom. The van der Waals surface area contributed by atoms with Crippen LogP contribution in [0.1, 0.15) is 0 Å². The van der Waals surface area contributed by atoms with Crippen LogP contribution in [0.25, 0.3) is 0 Å². The molecule has 0 fully saturated rings. The van der Waals surface area contributed by atoms with E-state index in [2.05, 4.69) is 20.3 Å². The predicted molar refractivity (Wildman–Crippen MR) is 93.9 cm³/mol. The molecule has 7 heteroatoms. The first kappa shape index (κ1) is 15.9. The highest BCUT2D eigenvalue weighted by molar-refractivity contribution is 6.29.